The summed E-state index contributed by atoms with van der Waals surface area (Å²) in [5, 5.41) is 13.6. The maximum Gasteiger partial charge on any atom is 0.358 e. The number of carbonyl (C=O) groups excluding carboxylic acids is 2. The summed E-state index contributed by atoms with van der Waals surface area (Å²) < 4.78 is 7.80. The quantitative estimate of drug-likeness (QED) is 0.375. The standard InChI is InChI=1S/C30H40N4O5/c1-18(2)23(16-26(35)34(5)21-11-7-6-8-12-21)28(36)31-24(29-32-27(30(37)38)19(3)39-29)15-20-17-33(4)25-14-10-9-13-22(20)25/h9-10,13-14,17-18,21,23-24H,6-8,11-12,15-16H2,1-5H3,(H,31,36)(H,37,38)/t23-,24-/m1/s1. The minimum Gasteiger partial charge on any atom is -0.476 e. The van der Waals surface area contributed by atoms with Crippen molar-refractivity contribution in [3.8, 4) is 0 Å². The Hall–Kier alpha value is -3.62. The van der Waals surface area contributed by atoms with E-state index >= 15 is 0 Å². The van der Waals surface area contributed by atoms with E-state index in [-0.39, 0.29) is 47.5 Å². The minimum atomic E-state index is -1.19. The highest BCUT2D eigenvalue weighted by Crippen LogP contribution is 2.29. The molecule has 2 heterocycles. The summed E-state index contributed by atoms with van der Waals surface area (Å²) in [6, 6.07) is 7.49. The molecule has 2 amide bonds. The highest BCUT2D eigenvalue weighted by atomic mass is 16.4. The van der Waals surface area contributed by atoms with Crippen LogP contribution in [0.25, 0.3) is 10.9 Å². The fraction of sp³-hybridized carbons (Fsp3) is 0.533. The molecule has 1 aliphatic carbocycles. The van der Waals surface area contributed by atoms with Crippen molar-refractivity contribution in [2.24, 2.45) is 18.9 Å². The molecule has 0 unspecified atom stereocenters. The summed E-state index contributed by atoms with van der Waals surface area (Å²) in [5.74, 6) is -1.79. The molecule has 2 atom stereocenters. The number of carboxylic acids is 1. The molecule has 1 saturated carbocycles. The molecule has 210 valence electrons. The Morgan fingerprint density at radius 3 is 2.51 bits per heavy atom. The molecule has 9 heteroatoms. The number of para-hydroxylation sites is 1. The Bertz CT molecular complexity index is 1330. The van der Waals surface area contributed by atoms with Gasteiger partial charge in [0.1, 0.15) is 11.8 Å². The molecular formula is C30H40N4O5. The van der Waals surface area contributed by atoms with Crippen LogP contribution in [0.4, 0.5) is 0 Å². The van der Waals surface area contributed by atoms with Crippen LogP contribution in [-0.2, 0) is 23.1 Å². The number of aromatic carboxylic acids is 1. The number of aryl methyl sites for hydroxylation is 2. The van der Waals surface area contributed by atoms with E-state index in [1.165, 1.54) is 6.42 Å². The number of nitrogens with one attached hydrogen (secondary N) is 1. The van der Waals surface area contributed by atoms with Crippen LogP contribution < -0.4 is 5.32 Å². The second kappa shape index (κ2) is 12.1. The molecule has 2 aromatic heterocycles. The van der Waals surface area contributed by atoms with Crippen molar-refractivity contribution >= 4 is 28.7 Å². The van der Waals surface area contributed by atoms with Crippen LogP contribution in [0.15, 0.2) is 34.9 Å². The van der Waals surface area contributed by atoms with Gasteiger partial charge in [-0.3, -0.25) is 9.59 Å². The van der Waals surface area contributed by atoms with Crippen LogP contribution >= 0.6 is 0 Å². The lowest BCUT2D eigenvalue weighted by atomic mass is 9.89. The van der Waals surface area contributed by atoms with Crippen LogP contribution in [0.5, 0.6) is 0 Å². The third-order valence-corrected chi connectivity index (χ3v) is 8.09. The number of aromatic nitrogens is 2. The second-order valence-electron chi connectivity index (χ2n) is 11.2. The van der Waals surface area contributed by atoms with Gasteiger partial charge in [-0.15, -0.1) is 0 Å². The number of hydrogen-bond donors (Lipinski definition) is 2. The first-order valence-corrected chi connectivity index (χ1v) is 13.9. The highest BCUT2D eigenvalue weighted by Gasteiger charge is 2.33. The van der Waals surface area contributed by atoms with Gasteiger partial charge in [0.2, 0.25) is 17.7 Å². The summed E-state index contributed by atoms with van der Waals surface area (Å²) in [6.07, 6.45) is 7.93. The third-order valence-electron chi connectivity index (χ3n) is 8.09. The average molecular weight is 537 g/mol. The van der Waals surface area contributed by atoms with Crippen molar-refractivity contribution in [3.05, 3.63) is 53.4 Å². The van der Waals surface area contributed by atoms with Gasteiger partial charge in [-0.2, -0.15) is 0 Å². The van der Waals surface area contributed by atoms with Crippen molar-refractivity contribution in [2.45, 2.75) is 77.8 Å². The largest absolute Gasteiger partial charge is 0.476 e. The van der Waals surface area contributed by atoms with E-state index < -0.39 is 17.9 Å². The van der Waals surface area contributed by atoms with Crippen molar-refractivity contribution in [1.82, 2.24) is 19.8 Å². The molecule has 0 spiro atoms. The van der Waals surface area contributed by atoms with Crippen molar-refractivity contribution in [1.29, 1.82) is 0 Å². The topological polar surface area (TPSA) is 118 Å². The van der Waals surface area contributed by atoms with Crippen LogP contribution in [0.3, 0.4) is 0 Å². The zero-order valence-electron chi connectivity index (χ0n) is 23.6. The van der Waals surface area contributed by atoms with Crippen LogP contribution in [-0.4, -0.2) is 50.4 Å². The maximum absolute atomic E-state index is 13.7. The number of nitrogens with zero attached hydrogens (tertiary/aromatic N) is 3. The molecule has 3 aromatic rings. The molecular weight excluding hydrogens is 496 g/mol. The molecule has 0 saturated heterocycles. The van der Waals surface area contributed by atoms with E-state index in [0.717, 1.165) is 42.1 Å². The first-order valence-electron chi connectivity index (χ1n) is 13.9. The van der Waals surface area contributed by atoms with Gasteiger partial charge in [0.25, 0.3) is 0 Å². The van der Waals surface area contributed by atoms with E-state index in [1.807, 2.05) is 67.9 Å². The van der Waals surface area contributed by atoms with E-state index in [0.29, 0.717) is 6.42 Å². The number of amides is 2. The van der Waals surface area contributed by atoms with Gasteiger partial charge in [-0.1, -0.05) is 51.3 Å². The van der Waals surface area contributed by atoms with Crippen molar-refractivity contribution in [3.63, 3.8) is 0 Å². The normalized spacial score (nSPS) is 15.8. The molecule has 0 bridgehead atoms. The summed E-state index contributed by atoms with van der Waals surface area (Å²) in [4.78, 5) is 44.7. The fourth-order valence-electron chi connectivity index (χ4n) is 5.69. The maximum atomic E-state index is 13.7. The van der Waals surface area contributed by atoms with Crippen LogP contribution in [0.1, 0.15) is 86.1 Å². The van der Waals surface area contributed by atoms with E-state index in [9.17, 15) is 19.5 Å². The Kier molecular flexibility index (Phi) is 8.77. The molecule has 1 aliphatic rings. The van der Waals surface area contributed by atoms with Crippen molar-refractivity contribution in [2.75, 3.05) is 7.05 Å². The lowest BCUT2D eigenvalue weighted by molar-refractivity contribution is -0.138. The highest BCUT2D eigenvalue weighted by molar-refractivity contribution is 5.88. The molecule has 4 rings (SSSR count). The average Bonchev–Trinajstić information content (AvgIpc) is 3.46. The van der Waals surface area contributed by atoms with Gasteiger partial charge in [0.05, 0.1) is 0 Å². The van der Waals surface area contributed by atoms with Gasteiger partial charge < -0.3 is 24.3 Å². The number of benzene rings is 1. The van der Waals surface area contributed by atoms with Crippen molar-refractivity contribution < 1.29 is 23.9 Å². The number of fused-ring (bicyclic) bond motifs is 1. The fourth-order valence-corrected chi connectivity index (χ4v) is 5.69. The number of carbonyl (C=O) groups is 3. The first kappa shape index (κ1) is 28.4. The predicted molar refractivity (Wildman–Crippen MR) is 148 cm³/mol. The van der Waals surface area contributed by atoms with Gasteiger partial charge in [-0.25, -0.2) is 9.78 Å². The number of rotatable bonds is 10. The lowest BCUT2D eigenvalue weighted by Gasteiger charge is -2.33. The zero-order chi connectivity index (χ0) is 28.3. The smallest absolute Gasteiger partial charge is 0.358 e. The van der Waals surface area contributed by atoms with E-state index in [1.54, 1.807) is 6.92 Å². The van der Waals surface area contributed by atoms with Gasteiger partial charge in [-0.05, 0) is 37.3 Å². The molecule has 0 aliphatic heterocycles. The Balaban J connectivity index is 1.59. The summed E-state index contributed by atoms with van der Waals surface area (Å²) in [5.41, 5.74) is 1.84. The molecule has 0 radical (unpaired) electrons. The molecule has 39 heavy (non-hydrogen) atoms. The van der Waals surface area contributed by atoms with Crippen LogP contribution in [0.2, 0.25) is 0 Å². The minimum absolute atomic E-state index is 0.0264. The summed E-state index contributed by atoms with van der Waals surface area (Å²) >= 11 is 0. The monoisotopic (exact) mass is 536 g/mol. The third kappa shape index (κ3) is 6.34. The number of hydrogen-bond acceptors (Lipinski definition) is 5. The van der Waals surface area contributed by atoms with Gasteiger partial charge in [0.15, 0.2) is 5.69 Å². The summed E-state index contributed by atoms with van der Waals surface area (Å²) in [7, 11) is 3.81. The Labute approximate surface area is 229 Å². The zero-order valence-corrected chi connectivity index (χ0v) is 23.6. The van der Waals surface area contributed by atoms with Gasteiger partial charge in [0, 0.05) is 56.0 Å². The van der Waals surface area contributed by atoms with E-state index in [2.05, 4.69) is 10.3 Å². The SMILES string of the molecule is Cc1oc([C@@H](Cc2cn(C)c3ccccc23)NC(=O)[C@H](CC(=O)N(C)C2CCCCC2)C(C)C)nc1C(=O)O. The molecule has 9 nitrogen and oxygen atoms in total. The number of carboxylic acid groups (broad SMARTS) is 1. The van der Waals surface area contributed by atoms with Gasteiger partial charge >= 0.3 is 5.97 Å². The number of oxazole rings is 1. The first-order chi connectivity index (χ1) is 18.6. The Morgan fingerprint density at radius 2 is 1.87 bits per heavy atom. The van der Waals surface area contributed by atoms with E-state index in [4.69, 9.17) is 4.42 Å². The molecule has 1 aromatic carbocycles. The van der Waals surface area contributed by atoms with Crippen LogP contribution in [0, 0.1) is 18.8 Å². The predicted octanol–water partition coefficient (Wildman–Crippen LogP) is 5.03. The second-order valence-corrected chi connectivity index (χ2v) is 11.2. The lowest BCUT2D eigenvalue weighted by Crippen LogP contribution is -2.43. The summed E-state index contributed by atoms with van der Waals surface area (Å²) in [6.45, 7) is 5.43. The molecule has 2 N–H and O–H groups in total. The molecule has 1 fully saturated rings. The Morgan fingerprint density at radius 1 is 1.18 bits per heavy atom.